The number of nitrogens with zero attached hydrogens (tertiary/aromatic N) is 3. The molecule has 4 rings (SSSR count). The SMILES string of the molecule is C=NC1=Nc2cc(Cl)ccc2CN1C1Cc2ccc(OC)c(OC)c2C1. The Labute approximate surface area is 157 Å². The predicted molar refractivity (Wildman–Crippen MR) is 104 cm³/mol. The maximum atomic E-state index is 6.10. The fraction of sp³-hybridized carbons (Fsp3) is 0.300. The molecule has 2 aliphatic rings. The molecule has 0 fully saturated rings. The van der Waals surface area contributed by atoms with Crippen LogP contribution in [0.4, 0.5) is 5.69 Å². The molecule has 1 atom stereocenters. The van der Waals surface area contributed by atoms with Crippen molar-refractivity contribution in [2.24, 2.45) is 9.98 Å². The lowest BCUT2D eigenvalue weighted by atomic mass is 10.1. The van der Waals surface area contributed by atoms with Crippen LogP contribution in [0.1, 0.15) is 16.7 Å². The van der Waals surface area contributed by atoms with Gasteiger partial charge in [-0.25, -0.2) is 9.98 Å². The summed E-state index contributed by atoms with van der Waals surface area (Å²) in [6.45, 7) is 4.45. The second-order valence-corrected chi connectivity index (χ2v) is 6.91. The molecule has 0 amide bonds. The van der Waals surface area contributed by atoms with Crippen LogP contribution in [0.3, 0.4) is 0 Å². The van der Waals surface area contributed by atoms with Gasteiger partial charge in [0, 0.05) is 23.2 Å². The maximum Gasteiger partial charge on any atom is 0.225 e. The van der Waals surface area contributed by atoms with E-state index in [-0.39, 0.29) is 6.04 Å². The van der Waals surface area contributed by atoms with E-state index in [4.69, 9.17) is 21.1 Å². The molecular weight excluding hydrogens is 350 g/mol. The molecule has 0 radical (unpaired) electrons. The molecular formula is C20H20ClN3O2. The lowest BCUT2D eigenvalue weighted by Crippen LogP contribution is -2.41. The number of methoxy groups -OCH3 is 2. The third kappa shape index (κ3) is 2.72. The van der Waals surface area contributed by atoms with Crippen LogP contribution in [0, 0.1) is 0 Å². The van der Waals surface area contributed by atoms with Crippen molar-refractivity contribution >= 4 is 30.0 Å². The zero-order valence-electron chi connectivity index (χ0n) is 14.8. The second-order valence-electron chi connectivity index (χ2n) is 6.47. The second kappa shape index (κ2) is 6.65. The van der Waals surface area contributed by atoms with Gasteiger partial charge in [-0.05, 0) is 48.9 Å². The summed E-state index contributed by atoms with van der Waals surface area (Å²) < 4.78 is 11.1. The molecule has 1 heterocycles. The van der Waals surface area contributed by atoms with Crippen LogP contribution in [0.2, 0.25) is 5.02 Å². The smallest absolute Gasteiger partial charge is 0.225 e. The first-order chi connectivity index (χ1) is 12.6. The van der Waals surface area contributed by atoms with E-state index < -0.39 is 0 Å². The van der Waals surface area contributed by atoms with E-state index in [1.807, 2.05) is 24.3 Å². The third-order valence-corrected chi connectivity index (χ3v) is 5.32. The van der Waals surface area contributed by atoms with Crippen molar-refractivity contribution in [1.29, 1.82) is 0 Å². The molecule has 0 spiro atoms. The molecule has 0 aromatic heterocycles. The minimum atomic E-state index is 0.249. The van der Waals surface area contributed by atoms with Gasteiger partial charge in [0.05, 0.1) is 19.9 Å². The van der Waals surface area contributed by atoms with Crippen molar-refractivity contribution in [2.75, 3.05) is 14.2 Å². The first-order valence-electron chi connectivity index (χ1n) is 8.47. The zero-order valence-corrected chi connectivity index (χ0v) is 15.6. The van der Waals surface area contributed by atoms with Crippen molar-refractivity contribution in [2.45, 2.75) is 25.4 Å². The molecule has 0 saturated carbocycles. The summed E-state index contributed by atoms with van der Waals surface area (Å²) in [5, 5.41) is 0.675. The quantitative estimate of drug-likeness (QED) is 0.767. The van der Waals surface area contributed by atoms with E-state index in [2.05, 4.69) is 27.7 Å². The largest absolute Gasteiger partial charge is 0.493 e. The van der Waals surface area contributed by atoms with E-state index in [0.717, 1.165) is 42.1 Å². The van der Waals surface area contributed by atoms with Gasteiger partial charge in [-0.2, -0.15) is 0 Å². The Balaban J connectivity index is 1.67. The molecule has 1 aliphatic carbocycles. The number of halogens is 1. The number of guanidine groups is 1. The highest BCUT2D eigenvalue weighted by Crippen LogP contribution is 2.41. The molecule has 0 bridgehead atoms. The van der Waals surface area contributed by atoms with Crippen LogP contribution in [0.5, 0.6) is 11.5 Å². The molecule has 2 aromatic rings. The van der Waals surface area contributed by atoms with Crippen LogP contribution >= 0.6 is 11.6 Å². The summed E-state index contributed by atoms with van der Waals surface area (Å²) in [5.74, 6) is 2.23. The molecule has 1 aliphatic heterocycles. The molecule has 26 heavy (non-hydrogen) atoms. The normalized spacial score (nSPS) is 18.0. The fourth-order valence-electron chi connectivity index (χ4n) is 3.85. The van der Waals surface area contributed by atoms with Gasteiger partial charge in [0.1, 0.15) is 0 Å². The third-order valence-electron chi connectivity index (χ3n) is 5.09. The molecule has 5 nitrogen and oxygen atoms in total. The van der Waals surface area contributed by atoms with Crippen LogP contribution in [0.15, 0.2) is 40.3 Å². The van der Waals surface area contributed by atoms with Crippen molar-refractivity contribution < 1.29 is 9.47 Å². The number of rotatable bonds is 3. The van der Waals surface area contributed by atoms with Gasteiger partial charge in [-0.3, -0.25) is 0 Å². The van der Waals surface area contributed by atoms with Gasteiger partial charge < -0.3 is 14.4 Å². The Morgan fingerprint density at radius 3 is 2.69 bits per heavy atom. The molecule has 0 N–H and O–H groups in total. The summed E-state index contributed by atoms with van der Waals surface area (Å²) in [6, 6.07) is 10.1. The molecule has 6 heteroatoms. The summed E-state index contributed by atoms with van der Waals surface area (Å²) in [4.78, 5) is 11.0. The number of aliphatic imine (C=N–C) groups is 2. The van der Waals surface area contributed by atoms with Crippen molar-refractivity contribution in [1.82, 2.24) is 4.90 Å². The standard InChI is InChI=1S/C20H20ClN3O2/c1-22-20-23-17-9-14(21)6-4-13(17)11-24(20)15-8-12-5-7-18(25-2)19(26-3)16(12)10-15/h4-7,9,15H,1,8,10-11H2,2-3H3. The summed E-state index contributed by atoms with van der Waals surface area (Å²) in [6.07, 6.45) is 1.76. The number of ether oxygens (including phenoxy) is 2. The van der Waals surface area contributed by atoms with Crippen LogP contribution in [-0.2, 0) is 19.4 Å². The zero-order chi connectivity index (χ0) is 18.3. The highest BCUT2D eigenvalue weighted by Gasteiger charge is 2.33. The molecule has 0 saturated heterocycles. The van der Waals surface area contributed by atoms with E-state index >= 15 is 0 Å². The summed E-state index contributed by atoms with van der Waals surface area (Å²) in [5.41, 5.74) is 4.48. The van der Waals surface area contributed by atoms with Gasteiger partial charge in [0.2, 0.25) is 5.96 Å². The van der Waals surface area contributed by atoms with E-state index in [1.54, 1.807) is 14.2 Å². The average Bonchev–Trinajstić information content (AvgIpc) is 3.09. The van der Waals surface area contributed by atoms with Gasteiger partial charge in [0.25, 0.3) is 0 Å². The van der Waals surface area contributed by atoms with Gasteiger partial charge in [-0.15, -0.1) is 0 Å². The number of fused-ring (bicyclic) bond motifs is 2. The highest BCUT2D eigenvalue weighted by molar-refractivity contribution is 6.30. The van der Waals surface area contributed by atoms with E-state index in [1.165, 1.54) is 11.1 Å². The van der Waals surface area contributed by atoms with Crippen molar-refractivity contribution in [3.8, 4) is 11.5 Å². The van der Waals surface area contributed by atoms with E-state index in [9.17, 15) is 0 Å². The minimum absolute atomic E-state index is 0.249. The predicted octanol–water partition coefficient (Wildman–Crippen LogP) is 4.03. The topological polar surface area (TPSA) is 46.4 Å². The Hall–Kier alpha value is -2.53. The lowest BCUT2D eigenvalue weighted by Gasteiger charge is -2.33. The molecule has 1 unspecified atom stereocenters. The van der Waals surface area contributed by atoms with Gasteiger partial charge in [-0.1, -0.05) is 23.7 Å². The maximum absolute atomic E-state index is 6.10. The Bertz CT molecular complexity index is 910. The molecule has 2 aromatic carbocycles. The Morgan fingerprint density at radius 1 is 1.15 bits per heavy atom. The van der Waals surface area contributed by atoms with Crippen LogP contribution in [-0.4, -0.2) is 37.8 Å². The Kier molecular flexibility index (Phi) is 4.32. The van der Waals surface area contributed by atoms with Crippen molar-refractivity contribution in [3.05, 3.63) is 52.0 Å². The summed E-state index contributed by atoms with van der Waals surface area (Å²) in [7, 11) is 3.35. The first-order valence-corrected chi connectivity index (χ1v) is 8.85. The highest BCUT2D eigenvalue weighted by atomic mass is 35.5. The van der Waals surface area contributed by atoms with Crippen LogP contribution < -0.4 is 9.47 Å². The number of hydrogen-bond acceptors (Lipinski definition) is 5. The minimum Gasteiger partial charge on any atom is -0.493 e. The number of benzene rings is 2. The first kappa shape index (κ1) is 16.9. The van der Waals surface area contributed by atoms with Gasteiger partial charge in [0.15, 0.2) is 11.5 Å². The number of hydrogen-bond donors (Lipinski definition) is 0. The van der Waals surface area contributed by atoms with Gasteiger partial charge >= 0.3 is 0 Å². The molecule has 134 valence electrons. The monoisotopic (exact) mass is 369 g/mol. The van der Waals surface area contributed by atoms with Crippen LogP contribution in [0.25, 0.3) is 0 Å². The summed E-state index contributed by atoms with van der Waals surface area (Å²) >= 11 is 6.10. The fourth-order valence-corrected chi connectivity index (χ4v) is 4.01. The Morgan fingerprint density at radius 2 is 1.96 bits per heavy atom. The van der Waals surface area contributed by atoms with Crippen molar-refractivity contribution in [3.63, 3.8) is 0 Å². The average molecular weight is 370 g/mol. The lowest BCUT2D eigenvalue weighted by molar-refractivity contribution is 0.303. The van der Waals surface area contributed by atoms with E-state index in [0.29, 0.717) is 11.0 Å².